The van der Waals surface area contributed by atoms with Gasteiger partial charge in [0.15, 0.2) is 0 Å². The van der Waals surface area contributed by atoms with Crippen molar-refractivity contribution in [1.82, 2.24) is 4.98 Å². The predicted molar refractivity (Wildman–Crippen MR) is 65.0 cm³/mol. The van der Waals surface area contributed by atoms with Crippen LogP contribution in [0.1, 0.15) is 21.5 Å². The van der Waals surface area contributed by atoms with E-state index in [9.17, 15) is 9.18 Å². The van der Waals surface area contributed by atoms with Gasteiger partial charge in [0.25, 0.3) is 0 Å². The fourth-order valence-electron chi connectivity index (χ4n) is 1.81. The number of halogens is 1. The van der Waals surface area contributed by atoms with E-state index in [1.165, 1.54) is 24.5 Å². The minimum Gasteiger partial charge on any atom is -0.478 e. The van der Waals surface area contributed by atoms with E-state index in [1.807, 2.05) is 0 Å². The van der Waals surface area contributed by atoms with Crippen LogP contribution < -0.4 is 0 Å². The van der Waals surface area contributed by atoms with Crippen LogP contribution in [0, 0.1) is 5.82 Å². The maximum atomic E-state index is 13.4. The van der Waals surface area contributed by atoms with Gasteiger partial charge in [0.05, 0.1) is 5.56 Å². The molecule has 0 aliphatic heterocycles. The van der Waals surface area contributed by atoms with Crippen molar-refractivity contribution >= 4 is 5.97 Å². The summed E-state index contributed by atoms with van der Waals surface area (Å²) in [4.78, 5) is 14.9. The third kappa shape index (κ3) is 2.71. The van der Waals surface area contributed by atoms with Gasteiger partial charge in [-0.1, -0.05) is 18.2 Å². The van der Waals surface area contributed by atoms with Crippen LogP contribution in [-0.4, -0.2) is 16.1 Å². The second-order valence-electron chi connectivity index (χ2n) is 3.93. The predicted octanol–water partition coefficient (Wildman–Crippen LogP) is 2.70. The van der Waals surface area contributed by atoms with Gasteiger partial charge in [-0.3, -0.25) is 4.98 Å². The van der Waals surface area contributed by atoms with E-state index in [0.717, 1.165) is 0 Å². The Morgan fingerprint density at radius 2 is 1.89 bits per heavy atom. The average molecular weight is 245 g/mol. The van der Waals surface area contributed by atoms with Crippen molar-refractivity contribution in [3.05, 3.63) is 65.2 Å². The molecule has 0 spiro atoms. The minimum absolute atomic E-state index is 0.223. The van der Waals surface area contributed by atoms with Crippen LogP contribution in [-0.2, 0) is 12.8 Å². The Labute approximate surface area is 104 Å². The second kappa shape index (κ2) is 5.40. The molecule has 92 valence electrons. The average Bonchev–Trinajstić information content (AvgIpc) is 2.38. The molecule has 1 aromatic carbocycles. The zero-order valence-corrected chi connectivity index (χ0v) is 9.64. The lowest BCUT2D eigenvalue weighted by molar-refractivity contribution is 0.0695. The molecule has 0 saturated carbocycles. The van der Waals surface area contributed by atoms with Gasteiger partial charge in [-0.05, 0) is 36.1 Å². The molecule has 0 aliphatic carbocycles. The molecule has 4 heteroatoms. The van der Waals surface area contributed by atoms with Gasteiger partial charge in [-0.25, -0.2) is 9.18 Å². The molecule has 0 bridgehead atoms. The zero-order chi connectivity index (χ0) is 13.0. The Kier molecular flexibility index (Phi) is 3.67. The standard InChI is InChI=1S/C14H12FNO2/c15-13-4-2-1-3-10(13)5-6-11-9-16-8-7-12(11)14(17)18/h1-4,7-9H,5-6H2,(H,17,18). The van der Waals surface area contributed by atoms with Crippen LogP contribution in [0.2, 0.25) is 0 Å². The monoisotopic (exact) mass is 245 g/mol. The maximum absolute atomic E-state index is 13.4. The summed E-state index contributed by atoms with van der Waals surface area (Å²) in [6.45, 7) is 0. The van der Waals surface area contributed by atoms with E-state index < -0.39 is 5.97 Å². The van der Waals surface area contributed by atoms with Gasteiger partial charge in [0, 0.05) is 12.4 Å². The molecule has 2 rings (SSSR count). The van der Waals surface area contributed by atoms with Gasteiger partial charge in [0.2, 0.25) is 0 Å². The number of rotatable bonds is 4. The fourth-order valence-corrected chi connectivity index (χ4v) is 1.81. The summed E-state index contributed by atoms with van der Waals surface area (Å²) in [5.74, 6) is -1.25. The van der Waals surface area contributed by atoms with E-state index >= 15 is 0 Å². The number of aromatic nitrogens is 1. The zero-order valence-electron chi connectivity index (χ0n) is 9.64. The highest BCUT2D eigenvalue weighted by Crippen LogP contribution is 2.13. The lowest BCUT2D eigenvalue weighted by atomic mass is 10.0. The van der Waals surface area contributed by atoms with Crippen molar-refractivity contribution in [2.75, 3.05) is 0 Å². The van der Waals surface area contributed by atoms with Crippen LogP contribution in [0.3, 0.4) is 0 Å². The summed E-state index contributed by atoms with van der Waals surface area (Å²) in [5, 5.41) is 9.02. The molecule has 3 nitrogen and oxygen atoms in total. The van der Waals surface area contributed by atoms with Gasteiger partial charge in [-0.2, -0.15) is 0 Å². The molecule has 0 radical (unpaired) electrons. The molecule has 1 heterocycles. The Morgan fingerprint density at radius 1 is 1.17 bits per heavy atom. The first-order valence-electron chi connectivity index (χ1n) is 5.58. The van der Waals surface area contributed by atoms with Crippen molar-refractivity contribution in [2.24, 2.45) is 0 Å². The number of benzene rings is 1. The van der Waals surface area contributed by atoms with E-state index in [-0.39, 0.29) is 11.4 Å². The minimum atomic E-state index is -0.985. The first-order chi connectivity index (χ1) is 8.68. The van der Waals surface area contributed by atoms with Crippen molar-refractivity contribution in [3.63, 3.8) is 0 Å². The van der Waals surface area contributed by atoms with Crippen molar-refractivity contribution < 1.29 is 14.3 Å². The molecule has 2 aromatic rings. The Hall–Kier alpha value is -2.23. The first-order valence-corrected chi connectivity index (χ1v) is 5.58. The van der Waals surface area contributed by atoms with Crippen molar-refractivity contribution in [1.29, 1.82) is 0 Å². The normalized spacial score (nSPS) is 10.3. The number of carbonyl (C=O) groups is 1. The van der Waals surface area contributed by atoms with Crippen molar-refractivity contribution in [3.8, 4) is 0 Å². The maximum Gasteiger partial charge on any atom is 0.336 e. The van der Waals surface area contributed by atoms with Gasteiger partial charge in [0.1, 0.15) is 5.82 Å². The van der Waals surface area contributed by atoms with Crippen LogP contribution in [0.4, 0.5) is 4.39 Å². The number of hydrogen-bond donors (Lipinski definition) is 1. The van der Waals surface area contributed by atoms with Crippen LogP contribution >= 0.6 is 0 Å². The summed E-state index contributed by atoms with van der Waals surface area (Å²) < 4.78 is 13.4. The van der Waals surface area contributed by atoms with Gasteiger partial charge in [-0.15, -0.1) is 0 Å². The van der Waals surface area contributed by atoms with E-state index in [0.29, 0.717) is 24.0 Å². The summed E-state index contributed by atoms with van der Waals surface area (Å²) in [5.41, 5.74) is 1.42. The van der Waals surface area contributed by atoms with E-state index in [2.05, 4.69) is 4.98 Å². The number of aromatic carboxylic acids is 1. The number of pyridine rings is 1. The summed E-state index contributed by atoms with van der Waals surface area (Å²) in [6, 6.07) is 7.95. The van der Waals surface area contributed by atoms with Crippen molar-refractivity contribution in [2.45, 2.75) is 12.8 Å². The largest absolute Gasteiger partial charge is 0.478 e. The van der Waals surface area contributed by atoms with Crippen LogP contribution in [0.25, 0.3) is 0 Å². The smallest absolute Gasteiger partial charge is 0.336 e. The molecular formula is C14H12FNO2. The quantitative estimate of drug-likeness (QED) is 0.901. The number of carboxylic acid groups (broad SMARTS) is 1. The molecule has 0 aliphatic rings. The van der Waals surface area contributed by atoms with Gasteiger partial charge >= 0.3 is 5.97 Å². The number of nitrogens with zero attached hydrogens (tertiary/aromatic N) is 1. The number of hydrogen-bond acceptors (Lipinski definition) is 2. The molecule has 18 heavy (non-hydrogen) atoms. The SMILES string of the molecule is O=C(O)c1ccncc1CCc1ccccc1F. The van der Waals surface area contributed by atoms with Gasteiger partial charge < -0.3 is 5.11 Å². The molecule has 1 aromatic heterocycles. The highest BCUT2D eigenvalue weighted by molar-refractivity contribution is 5.89. The van der Waals surface area contributed by atoms with E-state index in [4.69, 9.17) is 5.11 Å². The summed E-state index contributed by atoms with van der Waals surface area (Å²) >= 11 is 0. The number of carboxylic acids is 1. The van der Waals surface area contributed by atoms with E-state index in [1.54, 1.807) is 18.2 Å². The summed E-state index contributed by atoms with van der Waals surface area (Å²) in [7, 11) is 0. The fraction of sp³-hybridized carbons (Fsp3) is 0.143. The molecule has 0 amide bonds. The Morgan fingerprint density at radius 3 is 2.61 bits per heavy atom. The highest BCUT2D eigenvalue weighted by atomic mass is 19.1. The topological polar surface area (TPSA) is 50.2 Å². The number of aryl methyl sites for hydroxylation is 2. The third-order valence-electron chi connectivity index (χ3n) is 2.76. The molecular weight excluding hydrogens is 233 g/mol. The molecule has 1 N–H and O–H groups in total. The highest BCUT2D eigenvalue weighted by Gasteiger charge is 2.10. The van der Waals surface area contributed by atoms with Crippen LogP contribution in [0.5, 0.6) is 0 Å². The third-order valence-corrected chi connectivity index (χ3v) is 2.76. The van der Waals surface area contributed by atoms with Crippen LogP contribution in [0.15, 0.2) is 42.7 Å². The first kappa shape index (κ1) is 12.2. The summed E-state index contributed by atoms with van der Waals surface area (Å²) in [6.07, 6.45) is 3.87. The molecule has 0 unspecified atom stereocenters. The molecule has 0 atom stereocenters. The lowest BCUT2D eigenvalue weighted by Crippen LogP contribution is -2.04. The molecule has 0 fully saturated rings. The Balaban J connectivity index is 2.16. The lowest BCUT2D eigenvalue weighted by Gasteiger charge is -2.06. The second-order valence-corrected chi connectivity index (χ2v) is 3.93. The Bertz CT molecular complexity index is 569. The molecule has 0 saturated heterocycles.